The fourth-order valence-electron chi connectivity index (χ4n) is 5.94. The van der Waals surface area contributed by atoms with Crippen LogP contribution in [-0.2, 0) is 11.3 Å². The van der Waals surface area contributed by atoms with Crippen molar-refractivity contribution in [1.29, 1.82) is 0 Å². The van der Waals surface area contributed by atoms with E-state index in [-0.39, 0.29) is 17.2 Å². The first-order valence-corrected chi connectivity index (χ1v) is 11.2. The number of rotatable bonds is 4. The predicted octanol–water partition coefficient (Wildman–Crippen LogP) is 5.34. The molecule has 1 aliphatic heterocycles. The van der Waals surface area contributed by atoms with Crippen LogP contribution < -0.4 is 0 Å². The minimum absolute atomic E-state index is 0.0451. The number of carbonyl (C=O) groups excluding carboxylic acids is 1. The standard InChI is InChI=1S/C24H21ClF2N4O/c25-20-3-1-2-14-12-30(29-22(14)20)13-24-9-16(10-24)19(11-24)23(32)31-21(4-5-28-31)15-6-17(26)8-18(27)7-15/h1-3,5-8,12,16,19,21H,4,9-11,13H2/t16?,19-,21?,24?/m0/s1. The third-order valence-corrected chi connectivity index (χ3v) is 7.59. The molecule has 3 fully saturated rings. The summed E-state index contributed by atoms with van der Waals surface area (Å²) in [6.07, 6.45) is 6.85. The molecule has 2 aromatic carbocycles. The van der Waals surface area contributed by atoms with E-state index < -0.39 is 17.7 Å². The van der Waals surface area contributed by atoms with Crippen LogP contribution in [0, 0.1) is 28.9 Å². The molecule has 7 rings (SSSR count). The minimum Gasteiger partial charge on any atom is -0.273 e. The molecule has 3 aliphatic carbocycles. The third-order valence-electron chi connectivity index (χ3n) is 7.29. The molecule has 2 atom stereocenters. The quantitative estimate of drug-likeness (QED) is 0.534. The monoisotopic (exact) mass is 454 g/mol. The summed E-state index contributed by atoms with van der Waals surface area (Å²) in [5.74, 6) is -1.15. The Morgan fingerprint density at radius 2 is 1.94 bits per heavy atom. The van der Waals surface area contributed by atoms with Crippen molar-refractivity contribution in [3.05, 3.63) is 64.8 Å². The molecule has 4 aliphatic rings. The first-order chi connectivity index (χ1) is 15.4. The highest BCUT2D eigenvalue weighted by atomic mass is 35.5. The molecule has 1 unspecified atom stereocenters. The van der Waals surface area contributed by atoms with Crippen molar-refractivity contribution < 1.29 is 13.6 Å². The van der Waals surface area contributed by atoms with Gasteiger partial charge in [0.25, 0.3) is 0 Å². The van der Waals surface area contributed by atoms with Crippen LogP contribution in [0.25, 0.3) is 10.9 Å². The van der Waals surface area contributed by atoms with Crippen molar-refractivity contribution >= 4 is 34.6 Å². The number of halogens is 3. The van der Waals surface area contributed by atoms with Crippen LogP contribution in [-0.4, -0.2) is 26.9 Å². The molecule has 0 spiro atoms. The maximum Gasteiger partial charge on any atom is 0.246 e. The molecular weight excluding hydrogens is 434 g/mol. The lowest BCUT2D eigenvalue weighted by Gasteiger charge is -2.38. The first kappa shape index (κ1) is 19.9. The number of nitrogens with zero attached hydrogens (tertiary/aromatic N) is 4. The van der Waals surface area contributed by atoms with Gasteiger partial charge in [-0.05, 0) is 54.4 Å². The van der Waals surface area contributed by atoms with Gasteiger partial charge < -0.3 is 0 Å². The third kappa shape index (κ3) is 3.13. The Kier molecular flexibility index (Phi) is 4.41. The smallest absolute Gasteiger partial charge is 0.246 e. The second-order valence-electron chi connectivity index (χ2n) is 9.42. The van der Waals surface area contributed by atoms with Gasteiger partial charge in [0.1, 0.15) is 17.2 Å². The topological polar surface area (TPSA) is 50.5 Å². The summed E-state index contributed by atoms with van der Waals surface area (Å²) in [7, 11) is 0. The van der Waals surface area contributed by atoms with Crippen LogP contribution >= 0.6 is 11.6 Å². The van der Waals surface area contributed by atoms with Gasteiger partial charge in [-0.2, -0.15) is 10.2 Å². The molecule has 2 heterocycles. The van der Waals surface area contributed by atoms with E-state index in [1.54, 1.807) is 6.21 Å². The van der Waals surface area contributed by atoms with Crippen molar-refractivity contribution in [1.82, 2.24) is 14.8 Å². The Bertz CT molecular complexity index is 1250. The molecule has 3 aromatic rings. The molecule has 1 amide bonds. The Balaban J connectivity index is 1.19. The van der Waals surface area contributed by atoms with E-state index in [1.807, 2.05) is 29.1 Å². The van der Waals surface area contributed by atoms with E-state index in [0.29, 0.717) is 22.9 Å². The average molecular weight is 455 g/mol. The highest BCUT2D eigenvalue weighted by molar-refractivity contribution is 6.35. The van der Waals surface area contributed by atoms with Crippen LogP contribution in [0.15, 0.2) is 47.7 Å². The number of amides is 1. The SMILES string of the molecule is O=C([C@H]1CC2(Cn3cc4cccc(Cl)c4n3)CC1C2)N1N=CCC1c1cc(F)cc(F)c1. The zero-order chi connectivity index (χ0) is 22.0. The maximum absolute atomic E-state index is 13.7. The van der Waals surface area contributed by atoms with Gasteiger partial charge in [0, 0.05) is 42.7 Å². The van der Waals surface area contributed by atoms with Gasteiger partial charge in [-0.25, -0.2) is 13.8 Å². The molecule has 32 heavy (non-hydrogen) atoms. The molecule has 8 heteroatoms. The highest BCUT2D eigenvalue weighted by Gasteiger charge is 2.59. The van der Waals surface area contributed by atoms with Gasteiger partial charge in [0.2, 0.25) is 5.91 Å². The number of fused-ring (bicyclic) bond motifs is 2. The van der Waals surface area contributed by atoms with E-state index in [0.717, 1.165) is 42.8 Å². The van der Waals surface area contributed by atoms with E-state index in [1.165, 1.54) is 17.1 Å². The van der Waals surface area contributed by atoms with Crippen LogP contribution in [0.4, 0.5) is 8.78 Å². The first-order valence-electron chi connectivity index (χ1n) is 10.8. The van der Waals surface area contributed by atoms with E-state index in [4.69, 9.17) is 11.6 Å². The molecule has 2 bridgehead atoms. The molecule has 0 N–H and O–H groups in total. The van der Waals surface area contributed by atoms with Crippen LogP contribution in [0.5, 0.6) is 0 Å². The van der Waals surface area contributed by atoms with Gasteiger partial charge in [-0.3, -0.25) is 9.48 Å². The highest BCUT2D eigenvalue weighted by Crippen LogP contribution is 2.63. The zero-order valence-electron chi connectivity index (χ0n) is 17.2. The Hall–Kier alpha value is -2.80. The van der Waals surface area contributed by atoms with Crippen LogP contribution in [0.1, 0.15) is 37.3 Å². The Labute approximate surface area is 188 Å². The van der Waals surface area contributed by atoms with Crippen molar-refractivity contribution in [2.24, 2.45) is 22.4 Å². The number of benzene rings is 2. The lowest BCUT2D eigenvalue weighted by Crippen LogP contribution is -2.35. The van der Waals surface area contributed by atoms with Crippen molar-refractivity contribution in [2.45, 2.75) is 38.3 Å². The molecular formula is C24H21ClF2N4O. The summed E-state index contributed by atoms with van der Waals surface area (Å²) >= 11 is 6.27. The summed E-state index contributed by atoms with van der Waals surface area (Å²) in [6, 6.07) is 8.69. The Morgan fingerprint density at radius 3 is 2.69 bits per heavy atom. The molecule has 0 saturated heterocycles. The minimum atomic E-state index is -0.645. The second kappa shape index (κ2) is 7.10. The number of hydrogen-bond donors (Lipinski definition) is 0. The van der Waals surface area contributed by atoms with Crippen molar-refractivity contribution in [2.75, 3.05) is 0 Å². The number of hydrogen-bond acceptors (Lipinski definition) is 3. The van der Waals surface area contributed by atoms with Crippen molar-refractivity contribution in [3.8, 4) is 0 Å². The summed E-state index contributed by atoms with van der Waals surface area (Å²) in [5.41, 5.74) is 1.28. The number of carbonyl (C=O) groups is 1. The molecule has 1 aromatic heterocycles. The lowest BCUT2D eigenvalue weighted by molar-refractivity contribution is -0.138. The predicted molar refractivity (Wildman–Crippen MR) is 117 cm³/mol. The largest absolute Gasteiger partial charge is 0.273 e. The maximum atomic E-state index is 13.7. The molecule has 0 radical (unpaired) electrons. The summed E-state index contributed by atoms with van der Waals surface area (Å²) in [4.78, 5) is 13.4. The fourth-order valence-corrected chi connectivity index (χ4v) is 6.16. The number of hydrazone groups is 1. The van der Waals surface area contributed by atoms with Crippen LogP contribution in [0.3, 0.4) is 0 Å². The summed E-state index contributed by atoms with van der Waals surface area (Å²) < 4.78 is 29.4. The van der Waals surface area contributed by atoms with E-state index >= 15 is 0 Å². The van der Waals surface area contributed by atoms with Gasteiger partial charge >= 0.3 is 0 Å². The number of aromatic nitrogens is 2. The summed E-state index contributed by atoms with van der Waals surface area (Å²) in [6.45, 7) is 0.750. The molecule has 164 valence electrons. The second-order valence-corrected chi connectivity index (χ2v) is 9.83. The van der Waals surface area contributed by atoms with Gasteiger partial charge in [0.15, 0.2) is 0 Å². The zero-order valence-corrected chi connectivity index (χ0v) is 18.0. The normalized spacial score (nSPS) is 28.5. The summed E-state index contributed by atoms with van der Waals surface area (Å²) in [5, 5.41) is 12.0. The average Bonchev–Trinajstić information content (AvgIpc) is 3.48. The van der Waals surface area contributed by atoms with Crippen LogP contribution in [0.2, 0.25) is 5.02 Å². The fraction of sp³-hybridized carbons (Fsp3) is 0.375. The molecule has 3 saturated carbocycles. The van der Waals surface area contributed by atoms with E-state index in [9.17, 15) is 13.6 Å². The Morgan fingerprint density at radius 1 is 1.16 bits per heavy atom. The van der Waals surface area contributed by atoms with Crippen molar-refractivity contribution in [3.63, 3.8) is 0 Å². The van der Waals surface area contributed by atoms with Gasteiger partial charge in [-0.1, -0.05) is 23.7 Å². The van der Waals surface area contributed by atoms with E-state index in [2.05, 4.69) is 10.2 Å². The molecule has 5 nitrogen and oxygen atoms in total. The lowest BCUT2D eigenvalue weighted by atomic mass is 9.69. The van der Waals surface area contributed by atoms with Gasteiger partial charge in [-0.15, -0.1) is 0 Å². The van der Waals surface area contributed by atoms with Gasteiger partial charge in [0.05, 0.1) is 11.1 Å².